The maximum atomic E-state index is 12.4. The molecule has 0 aromatic carbocycles. The molecule has 1 amide bonds. The Bertz CT molecular complexity index is 868. The zero-order chi connectivity index (χ0) is 47.7. The van der Waals surface area contributed by atoms with Gasteiger partial charge in [0.1, 0.15) is 0 Å². The van der Waals surface area contributed by atoms with Crippen LogP contribution in [0.25, 0.3) is 0 Å². The predicted octanol–water partition coefficient (Wildman–Crippen LogP) is 15.8. The Morgan fingerprint density at radius 3 is 1.50 bits per heavy atom. The normalized spacial score (nSPS) is 11.7. The van der Waals surface area contributed by atoms with Gasteiger partial charge >= 0.3 is 37.1 Å². The average Bonchev–Trinajstić information content (AvgIpc) is 3.80. The van der Waals surface area contributed by atoms with E-state index in [4.69, 9.17) is 9.47 Å². The number of carbonyl (C=O) groups excluding carboxylic acids is 4. The molecule has 1 fully saturated rings. The number of nitrogens with zero attached hydrogens (tertiary/aromatic N) is 1. The first-order valence-electron chi connectivity index (χ1n) is 27.1. The van der Waals surface area contributed by atoms with Gasteiger partial charge in [-0.15, -0.1) is 6.54 Å². The van der Waals surface area contributed by atoms with Gasteiger partial charge in [-0.05, 0) is 64.0 Å². The van der Waals surface area contributed by atoms with Crippen molar-refractivity contribution >= 4 is 24.6 Å². The largest absolute Gasteiger partial charge is 2.00 e. The second kappa shape index (κ2) is 66.4. The summed E-state index contributed by atoms with van der Waals surface area (Å²) in [6, 6.07) is 0.371. The summed E-state index contributed by atoms with van der Waals surface area (Å²) in [6.07, 6.45) is 43.5. The number of likely N-dealkylation sites (tertiary alicyclic amines) is 1. The van der Waals surface area contributed by atoms with Gasteiger partial charge in [0.25, 0.3) is 6.47 Å². The number of amides is 1. The molecule has 0 spiro atoms. The zero-order valence-electron chi connectivity index (χ0n) is 44.3. The number of hydrogen-bond acceptors (Lipinski definition) is 7. The van der Waals surface area contributed by atoms with Crippen LogP contribution in [0.5, 0.6) is 0 Å². The van der Waals surface area contributed by atoms with Gasteiger partial charge in [0, 0.05) is 18.9 Å². The van der Waals surface area contributed by atoms with Gasteiger partial charge in [-0.2, -0.15) is 12.8 Å². The average molecular weight is 1130 g/mol. The molecule has 0 aliphatic carbocycles. The summed E-state index contributed by atoms with van der Waals surface area (Å²) in [6.45, 7) is 24.4. The fourth-order valence-corrected chi connectivity index (χ4v) is 7.02. The van der Waals surface area contributed by atoms with Gasteiger partial charge in [0.2, 0.25) is 5.91 Å². The van der Waals surface area contributed by atoms with Crippen LogP contribution < -0.4 is 5.32 Å². The standard InChI is InChI=1S/C26H51NO3.C19H36NO2.C4H7O.C4H10.C2H6.U/c1-3-5-7-9-12-16-20-25(21-17-13-10-8-6-4-2)27-26(29)22-18-14-11-15-19-23-30-24-28;1-2-3-4-5-6-7-13-18-22-19(21)14-9-8-10-15-20-16-11-12-17-20;1-2-3-4-5;1-4(2)3;1-2;/h24-25H,3-23H2,1-2H3,(H,27,29);11H,2-10,12-18H2,1H3;2-3H2,1H3;4H,1-3H3;1-2H3;/q;2*-1;;;+2. The van der Waals surface area contributed by atoms with Crippen molar-refractivity contribution in [3.05, 3.63) is 6.42 Å². The Kier molecular flexibility index (Phi) is 74.7. The van der Waals surface area contributed by atoms with E-state index in [0.29, 0.717) is 45.0 Å². The van der Waals surface area contributed by atoms with Crippen LogP contribution in [-0.4, -0.2) is 68.4 Å². The van der Waals surface area contributed by atoms with E-state index >= 15 is 0 Å². The maximum absolute atomic E-state index is 12.4. The van der Waals surface area contributed by atoms with E-state index in [0.717, 1.165) is 83.1 Å². The molecule has 1 rings (SSSR count). The van der Waals surface area contributed by atoms with Crippen molar-refractivity contribution in [2.24, 2.45) is 5.92 Å². The van der Waals surface area contributed by atoms with Gasteiger partial charge < -0.3 is 30.9 Å². The van der Waals surface area contributed by atoms with Crippen molar-refractivity contribution in [3.63, 3.8) is 0 Å². The third-order valence-corrected chi connectivity index (χ3v) is 10.7. The molecule has 0 aromatic heterocycles. The molecule has 8 nitrogen and oxygen atoms in total. The van der Waals surface area contributed by atoms with Crippen LogP contribution >= 0.6 is 0 Å². The molecule has 64 heavy (non-hydrogen) atoms. The monoisotopic (exact) mass is 1130 g/mol. The molecule has 1 N–H and O–H groups in total. The summed E-state index contributed by atoms with van der Waals surface area (Å²) in [5, 5.41) is 3.34. The summed E-state index contributed by atoms with van der Waals surface area (Å²) in [4.78, 5) is 45.9. The van der Waals surface area contributed by atoms with E-state index in [-0.39, 0.29) is 43.0 Å². The van der Waals surface area contributed by atoms with E-state index in [1.807, 2.05) is 20.8 Å². The third-order valence-electron chi connectivity index (χ3n) is 10.7. The zero-order valence-corrected chi connectivity index (χ0v) is 48.4. The van der Waals surface area contributed by atoms with E-state index in [2.05, 4.69) is 58.2 Å². The van der Waals surface area contributed by atoms with Crippen molar-refractivity contribution in [1.29, 1.82) is 0 Å². The molecule has 0 radical (unpaired) electrons. The first-order chi connectivity index (χ1) is 30.7. The van der Waals surface area contributed by atoms with Crippen LogP contribution in [0.4, 0.5) is 0 Å². The van der Waals surface area contributed by atoms with E-state index in [9.17, 15) is 19.2 Å². The Morgan fingerprint density at radius 2 is 1.06 bits per heavy atom. The number of esters is 1. The molecule has 1 aliphatic heterocycles. The number of ether oxygens (including phenoxy) is 2. The molecule has 0 aromatic rings. The summed E-state index contributed by atoms with van der Waals surface area (Å²) in [7, 11) is 0. The minimum absolute atomic E-state index is 0. The number of rotatable bonds is 40. The molecule has 0 atom stereocenters. The van der Waals surface area contributed by atoms with Crippen molar-refractivity contribution < 1.29 is 59.8 Å². The predicted molar refractivity (Wildman–Crippen MR) is 273 cm³/mol. The topological polar surface area (TPSA) is 102 Å². The third kappa shape index (κ3) is 70.1. The second-order valence-corrected chi connectivity index (χ2v) is 18.0. The fraction of sp³-hybridized carbons (Fsp3) is 0.909. The molecular weight excluding hydrogens is 1020 g/mol. The van der Waals surface area contributed by atoms with Crippen LogP contribution in [0.1, 0.15) is 281 Å². The summed E-state index contributed by atoms with van der Waals surface area (Å²) < 4.78 is 9.99. The minimum Gasteiger partial charge on any atom is -0.542 e. The molecule has 1 heterocycles. The molecule has 1 saturated heterocycles. The Labute approximate surface area is 424 Å². The van der Waals surface area contributed by atoms with Crippen LogP contribution in [0.2, 0.25) is 0 Å². The molecule has 0 saturated carbocycles. The first kappa shape index (κ1) is 72.1. The SMILES string of the molecule is CC.CC(C)C.CCCCCCCCC(CCCCCCCC)NC(=O)CCCCCCCOC=O.CCCCCCCCCOC(=O)CCCCCN1C[CH-]CC1.CCC[C-]=O.[U+2]. The van der Waals surface area contributed by atoms with Crippen molar-refractivity contribution in [2.75, 3.05) is 32.8 Å². The van der Waals surface area contributed by atoms with Gasteiger partial charge in [-0.3, -0.25) is 20.7 Å². The molecule has 380 valence electrons. The Morgan fingerprint density at radius 1 is 0.625 bits per heavy atom. The molecule has 0 bridgehead atoms. The van der Waals surface area contributed by atoms with Gasteiger partial charge in [0.15, 0.2) is 0 Å². The number of nitrogens with one attached hydrogen (secondary N) is 1. The number of hydrogen-bond donors (Lipinski definition) is 1. The van der Waals surface area contributed by atoms with Crippen LogP contribution in [0.3, 0.4) is 0 Å². The molecule has 0 unspecified atom stereocenters. The molecule has 9 heteroatoms. The molecular formula is C55H110N2O6U. The molecule has 1 aliphatic rings. The number of unbranched alkanes of at least 4 members (excludes halogenated alkanes) is 23. The number of carbonyl (C=O) groups is 3. The second-order valence-electron chi connectivity index (χ2n) is 18.0. The van der Waals surface area contributed by atoms with Crippen molar-refractivity contribution in [1.82, 2.24) is 10.2 Å². The van der Waals surface area contributed by atoms with Crippen LogP contribution in [0, 0.1) is 43.5 Å². The summed E-state index contributed by atoms with van der Waals surface area (Å²) in [5.41, 5.74) is 0. The quantitative estimate of drug-likeness (QED) is 0.0282. The summed E-state index contributed by atoms with van der Waals surface area (Å²) >= 11 is 0. The van der Waals surface area contributed by atoms with E-state index in [1.54, 1.807) is 6.29 Å². The first-order valence-corrected chi connectivity index (χ1v) is 27.1. The smallest absolute Gasteiger partial charge is 0.542 e. The minimum atomic E-state index is 0. The summed E-state index contributed by atoms with van der Waals surface area (Å²) in [5.74, 6) is 1.07. The van der Waals surface area contributed by atoms with E-state index < -0.39 is 0 Å². The van der Waals surface area contributed by atoms with Crippen molar-refractivity contribution in [2.45, 2.75) is 287 Å². The Hall–Kier alpha value is -0.908. The maximum Gasteiger partial charge on any atom is 2.00 e. The van der Waals surface area contributed by atoms with Gasteiger partial charge in [-0.25, -0.2) is 0 Å². The Balaban J connectivity index is -0.000000297. The van der Waals surface area contributed by atoms with E-state index in [1.165, 1.54) is 142 Å². The van der Waals surface area contributed by atoms with Crippen LogP contribution in [-0.2, 0) is 28.7 Å². The van der Waals surface area contributed by atoms with Crippen LogP contribution in [0.15, 0.2) is 0 Å². The van der Waals surface area contributed by atoms with Gasteiger partial charge in [0.05, 0.1) is 13.2 Å². The van der Waals surface area contributed by atoms with Gasteiger partial charge in [-0.1, -0.05) is 210 Å². The fourth-order valence-electron chi connectivity index (χ4n) is 7.02. The van der Waals surface area contributed by atoms with Crippen molar-refractivity contribution in [3.8, 4) is 0 Å².